The van der Waals surface area contributed by atoms with Gasteiger partial charge in [0.05, 0.1) is 5.92 Å². The van der Waals surface area contributed by atoms with Crippen LogP contribution >= 0.6 is 0 Å². The second-order valence-electron chi connectivity index (χ2n) is 5.82. The number of nitrogens with one attached hydrogen (secondary N) is 1. The van der Waals surface area contributed by atoms with Crippen LogP contribution in [0.25, 0.3) is 0 Å². The highest BCUT2D eigenvalue weighted by molar-refractivity contribution is 5.89. The van der Waals surface area contributed by atoms with Gasteiger partial charge in [0.2, 0.25) is 11.8 Å². The fourth-order valence-corrected chi connectivity index (χ4v) is 2.42. The molecule has 2 rings (SSSR count). The average Bonchev–Trinajstić information content (AvgIpc) is 2.73. The van der Waals surface area contributed by atoms with Crippen molar-refractivity contribution in [3.05, 3.63) is 35.4 Å². The molecule has 1 aromatic carbocycles. The third-order valence-electron chi connectivity index (χ3n) is 3.51. The number of likely N-dealkylation sites (tertiary alicyclic amines) is 1. The minimum atomic E-state index is -0.213. The standard InChI is InChI=1S/C16H22N2O2/c1-11(2)17-16(20)14-8-15(19)18(10-14)9-13-6-4-12(3)5-7-13/h4-7,11,14H,8-10H2,1-3H3,(H,17,20). The number of aryl methyl sites for hydroxylation is 1. The fraction of sp³-hybridized carbons (Fsp3) is 0.500. The van der Waals surface area contributed by atoms with Crippen LogP contribution in [0.15, 0.2) is 24.3 Å². The zero-order valence-electron chi connectivity index (χ0n) is 12.3. The topological polar surface area (TPSA) is 49.4 Å². The zero-order valence-corrected chi connectivity index (χ0v) is 12.3. The van der Waals surface area contributed by atoms with Crippen molar-refractivity contribution < 1.29 is 9.59 Å². The molecule has 1 aromatic rings. The molecule has 0 aromatic heterocycles. The summed E-state index contributed by atoms with van der Waals surface area (Å²) in [6, 6.07) is 8.26. The summed E-state index contributed by atoms with van der Waals surface area (Å²) in [5.41, 5.74) is 2.31. The number of carbonyl (C=O) groups is 2. The van der Waals surface area contributed by atoms with Crippen LogP contribution in [-0.4, -0.2) is 29.3 Å². The molecule has 0 aliphatic carbocycles. The van der Waals surface area contributed by atoms with Crippen LogP contribution in [-0.2, 0) is 16.1 Å². The minimum absolute atomic E-state index is 0.0141. The van der Waals surface area contributed by atoms with Gasteiger partial charge in [-0.1, -0.05) is 29.8 Å². The van der Waals surface area contributed by atoms with Crippen LogP contribution in [0.3, 0.4) is 0 Å². The first-order chi connectivity index (χ1) is 9.45. The Bertz CT molecular complexity index is 494. The van der Waals surface area contributed by atoms with Gasteiger partial charge in [-0.3, -0.25) is 9.59 Å². The molecule has 20 heavy (non-hydrogen) atoms. The molecule has 1 atom stereocenters. The maximum Gasteiger partial charge on any atom is 0.225 e. The van der Waals surface area contributed by atoms with E-state index in [9.17, 15) is 9.59 Å². The summed E-state index contributed by atoms with van der Waals surface area (Å²) >= 11 is 0. The Balaban J connectivity index is 1.95. The van der Waals surface area contributed by atoms with Crippen molar-refractivity contribution in [1.29, 1.82) is 0 Å². The Morgan fingerprint density at radius 3 is 2.60 bits per heavy atom. The van der Waals surface area contributed by atoms with Crippen LogP contribution in [0.2, 0.25) is 0 Å². The molecule has 0 spiro atoms. The highest BCUT2D eigenvalue weighted by Crippen LogP contribution is 2.20. The third-order valence-corrected chi connectivity index (χ3v) is 3.51. The highest BCUT2D eigenvalue weighted by atomic mass is 16.2. The van der Waals surface area contributed by atoms with Crippen LogP contribution in [0.5, 0.6) is 0 Å². The molecule has 108 valence electrons. The number of rotatable bonds is 4. The lowest BCUT2D eigenvalue weighted by Gasteiger charge is -2.17. The van der Waals surface area contributed by atoms with Gasteiger partial charge in [-0.15, -0.1) is 0 Å². The summed E-state index contributed by atoms with van der Waals surface area (Å²) in [4.78, 5) is 25.7. The largest absolute Gasteiger partial charge is 0.354 e. The molecule has 0 bridgehead atoms. The van der Waals surface area contributed by atoms with Crippen LogP contribution in [0.4, 0.5) is 0 Å². The number of carbonyl (C=O) groups excluding carboxylic acids is 2. The molecular weight excluding hydrogens is 252 g/mol. The predicted molar refractivity (Wildman–Crippen MR) is 78.0 cm³/mol. The summed E-state index contributed by atoms with van der Waals surface area (Å²) < 4.78 is 0. The van der Waals surface area contributed by atoms with E-state index in [4.69, 9.17) is 0 Å². The van der Waals surface area contributed by atoms with E-state index in [2.05, 4.69) is 5.32 Å². The normalized spacial score (nSPS) is 18.7. The molecule has 4 heteroatoms. The van der Waals surface area contributed by atoms with Crippen molar-refractivity contribution in [1.82, 2.24) is 10.2 Å². The van der Waals surface area contributed by atoms with Crippen molar-refractivity contribution in [3.63, 3.8) is 0 Å². The monoisotopic (exact) mass is 274 g/mol. The first-order valence-corrected chi connectivity index (χ1v) is 7.09. The Morgan fingerprint density at radius 2 is 2.00 bits per heavy atom. The molecule has 1 aliphatic heterocycles. The molecule has 1 unspecified atom stereocenters. The van der Waals surface area contributed by atoms with E-state index >= 15 is 0 Å². The number of nitrogens with zero attached hydrogens (tertiary/aromatic N) is 1. The Kier molecular flexibility index (Phi) is 4.42. The number of amides is 2. The summed E-state index contributed by atoms with van der Waals surface area (Å²) in [5.74, 6) is -0.162. The SMILES string of the molecule is Cc1ccc(CN2CC(C(=O)NC(C)C)CC2=O)cc1. The summed E-state index contributed by atoms with van der Waals surface area (Å²) in [6.07, 6.45) is 0.324. The van der Waals surface area contributed by atoms with Gasteiger partial charge in [-0.2, -0.15) is 0 Å². The van der Waals surface area contributed by atoms with Crippen molar-refractivity contribution in [3.8, 4) is 0 Å². The first-order valence-electron chi connectivity index (χ1n) is 7.09. The number of benzene rings is 1. The smallest absolute Gasteiger partial charge is 0.225 e. The Labute approximate surface area is 120 Å². The third kappa shape index (κ3) is 3.59. The molecule has 1 fully saturated rings. The quantitative estimate of drug-likeness (QED) is 0.911. The molecule has 2 amide bonds. The van der Waals surface area contributed by atoms with Crippen molar-refractivity contribution >= 4 is 11.8 Å². The summed E-state index contributed by atoms with van der Waals surface area (Å²) in [6.45, 7) is 7.00. The van der Waals surface area contributed by atoms with Crippen molar-refractivity contribution in [2.45, 2.75) is 39.8 Å². The summed E-state index contributed by atoms with van der Waals surface area (Å²) in [7, 11) is 0. The molecule has 4 nitrogen and oxygen atoms in total. The average molecular weight is 274 g/mol. The Morgan fingerprint density at radius 1 is 1.35 bits per heavy atom. The maximum absolute atomic E-state index is 12.0. The van der Waals surface area contributed by atoms with Gasteiger partial charge in [-0.05, 0) is 26.3 Å². The van der Waals surface area contributed by atoms with Gasteiger partial charge in [-0.25, -0.2) is 0 Å². The molecule has 1 saturated heterocycles. The summed E-state index contributed by atoms with van der Waals surface area (Å²) in [5, 5.41) is 2.88. The Hall–Kier alpha value is -1.84. The predicted octanol–water partition coefficient (Wildman–Crippen LogP) is 1.87. The van der Waals surface area contributed by atoms with Crippen molar-refractivity contribution in [2.75, 3.05) is 6.54 Å². The number of hydrogen-bond donors (Lipinski definition) is 1. The molecule has 1 heterocycles. The fourth-order valence-electron chi connectivity index (χ4n) is 2.42. The van der Waals surface area contributed by atoms with Crippen LogP contribution in [0, 0.1) is 12.8 Å². The molecule has 1 aliphatic rings. The maximum atomic E-state index is 12.0. The van der Waals surface area contributed by atoms with E-state index in [0.717, 1.165) is 5.56 Å². The molecule has 0 saturated carbocycles. The highest BCUT2D eigenvalue weighted by Gasteiger charge is 2.34. The molecule has 0 radical (unpaired) electrons. The van der Waals surface area contributed by atoms with Crippen LogP contribution in [0.1, 0.15) is 31.4 Å². The first kappa shape index (κ1) is 14.6. The van der Waals surface area contributed by atoms with E-state index in [-0.39, 0.29) is 23.8 Å². The van der Waals surface area contributed by atoms with Gasteiger partial charge in [0.15, 0.2) is 0 Å². The second kappa shape index (κ2) is 6.07. The van der Waals surface area contributed by atoms with Gasteiger partial charge in [0.1, 0.15) is 0 Å². The minimum Gasteiger partial charge on any atom is -0.354 e. The lowest BCUT2D eigenvalue weighted by atomic mass is 10.1. The van der Waals surface area contributed by atoms with Crippen molar-refractivity contribution in [2.24, 2.45) is 5.92 Å². The lowest BCUT2D eigenvalue weighted by Crippen LogP contribution is -2.36. The van der Waals surface area contributed by atoms with E-state index in [1.165, 1.54) is 5.56 Å². The molecular formula is C16H22N2O2. The van der Waals surface area contributed by atoms with Gasteiger partial charge in [0.25, 0.3) is 0 Å². The van der Waals surface area contributed by atoms with E-state index in [0.29, 0.717) is 19.5 Å². The molecule has 1 N–H and O–H groups in total. The van der Waals surface area contributed by atoms with Crippen LogP contribution < -0.4 is 5.32 Å². The van der Waals surface area contributed by atoms with Gasteiger partial charge < -0.3 is 10.2 Å². The second-order valence-corrected chi connectivity index (χ2v) is 5.82. The van der Waals surface area contributed by atoms with Gasteiger partial charge in [0, 0.05) is 25.6 Å². The van der Waals surface area contributed by atoms with E-state index < -0.39 is 0 Å². The van der Waals surface area contributed by atoms with Gasteiger partial charge >= 0.3 is 0 Å². The zero-order chi connectivity index (χ0) is 14.7. The number of hydrogen-bond acceptors (Lipinski definition) is 2. The lowest BCUT2D eigenvalue weighted by molar-refractivity contribution is -0.129. The van der Waals surface area contributed by atoms with E-state index in [1.807, 2.05) is 45.0 Å². The van der Waals surface area contributed by atoms with E-state index in [1.54, 1.807) is 4.90 Å².